The molecule has 1 aromatic carbocycles. The van der Waals surface area contributed by atoms with Crippen molar-refractivity contribution in [2.24, 2.45) is 0 Å². The number of benzene rings is 1. The second kappa shape index (κ2) is 8.71. The van der Waals surface area contributed by atoms with E-state index in [0.29, 0.717) is 17.9 Å². The van der Waals surface area contributed by atoms with Crippen LogP contribution in [0, 0.1) is 6.92 Å². The number of carboxylic acids is 1. The second-order valence-electron chi connectivity index (χ2n) is 7.54. The van der Waals surface area contributed by atoms with Crippen molar-refractivity contribution in [3.8, 4) is 0 Å². The van der Waals surface area contributed by atoms with E-state index in [9.17, 15) is 9.59 Å². The standard InChI is InChI=1S/C22H24N4O3S/c1-15-11-19(20(27)23-17-7-5-16(6-8-17)21(28)29)26(12-15)13-18-14-30-22(24-18)25-9-3-2-4-10-25/h5-8,11-12,14H,2-4,9-10,13H2,1H3,(H,23,27)(H,28,29). The summed E-state index contributed by atoms with van der Waals surface area (Å²) in [7, 11) is 0. The topological polar surface area (TPSA) is 87.5 Å². The van der Waals surface area contributed by atoms with Crippen LogP contribution in [0.1, 0.15) is 51.4 Å². The zero-order chi connectivity index (χ0) is 21.1. The highest BCUT2D eigenvalue weighted by atomic mass is 32.1. The molecule has 4 rings (SSSR count). The van der Waals surface area contributed by atoms with Crippen molar-refractivity contribution >= 4 is 34.0 Å². The van der Waals surface area contributed by atoms with E-state index < -0.39 is 5.97 Å². The van der Waals surface area contributed by atoms with Crippen LogP contribution in [-0.4, -0.2) is 39.6 Å². The minimum Gasteiger partial charge on any atom is -0.478 e. The van der Waals surface area contributed by atoms with Gasteiger partial charge in [-0.3, -0.25) is 4.79 Å². The van der Waals surface area contributed by atoms with E-state index in [1.54, 1.807) is 23.5 Å². The molecular weight excluding hydrogens is 400 g/mol. The Balaban J connectivity index is 1.47. The molecule has 2 aromatic heterocycles. The maximum Gasteiger partial charge on any atom is 0.335 e. The summed E-state index contributed by atoms with van der Waals surface area (Å²) in [6.45, 7) is 4.60. The molecule has 0 unspecified atom stereocenters. The summed E-state index contributed by atoms with van der Waals surface area (Å²) in [4.78, 5) is 30.9. The molecule has 3 aromatic rings. The van der Waals surface area contributed by atoms with Crippen molar-refractivity contribution in [3.63, 3.8) is 0 Å². The van der Waals surface area contributed by atoms with Crippen molar-refractivity contribution in [1.82, 2.24) is 9.55 Å². The third-order valence-corrected chi connectivity index (χ3v) is 6.10. The summed E-state index contributed by atoms with van der Waals surface area (Å²) >= 11 is 1.66. The fraction of sp³-hybridized carbons (Fsp3) is 0.318. The van der Waals surface area contributed by atoms with Gasteiger partial charge in [0.25, 0.3) is 5.91 Å². The van der Waals surface area contributed by atoms with Gasteiger partial charge in [0.05, 0.1) is 17.8 Å². The Morgan fingerprint density at radius 3 is 2.60 bits per heavy atom. The number of hydrogen-bond acceptors (Lipinski definition) is 5. The highest BCUT2D eigenvalue weighted by Crippen LogP contribution is 2.25. The van der Waals surface area contributed by atoms with E-state index in [1.165, 1.54) is 31.4 Å². The van der Waals surface area contributed by atoms with Crippen LogP contribution in [0.5, 0.6) is 0 Å². The van der Waals surface area contributed by atoms with Gasteiger partial charge in [0.15, 0.2) is 5.13 Å². The summed E-state index contributed by atoms with van der Waals surface area (Å²) in [5.41, 5.74) is 3.21. The molecule has 1 aliphatic heterocycles. The SMILES string of the molecule is Cc1cc(C(=O)Nc2ccc(C(=O)O)cc2)n(Cc2csc(N3CCCCC3)n2)c1. The number of aryl methyl sites for hydroxylation is 1. The number of nitrogens with one attached hydrogen (secondary N) is 1. The number of amides is 1. The first-order valence-electron chi connectivity index (χ1n) is 10.0. The molecule has 0 spiro atoms. The van der Waals surface area contributed by atoms with Crippen molar-refractivity contribution in [2.45, 2.75) is 32.7 Å². The molecule has 1 aliphatic rings. The summed E-state index contributed by atoms with van der Waals surface area (Å²) in [6, 6.07) is 7.97. The Kier molecular flexibility index (Phi) is 5.85. The third-order valence-electron chi connectivity index (χ3n) is 5.15. The quantitative estimate of drug-likeness (QED) is 0.618. The molecule has 156 valence electrons. The molecule has 1 amide bonds. The minimum absolute atomic E-state index is 0.181. The molecule has 3 heterocycles. The molecule has 0 aliphatic carbocycles. The Morgan fingerprint density at radius 2 is 1.90 bits per heavy atom. The van der Waals surface area contributed by atoms with Crippen LogP contribution >= 0.6 is 11.3 Å². The van der Waals surface area contributed by atoms with E-state index in [0.717, 1.165) is 29.5 Å². The molecule has 30 heavy (non-hydrogen) atoms. The van der Waals surface area contributed by atoms with E-state index in [1.807, 2.05) is 23.8 Å². The first kappa shape index (κ1) is 20.2. The van der Waals surface area contributed by atoms with Gasteiger partial charge >= 0.3 is 5.97 Å². The number of carbonyl (C=O) groups is 2. The van der Waals surface area contributed by atoms with Gasteiger partial charge in [-0.15, -0.1) is 11.3 Å². The largest absolute Gasteiger partial charge is 0.478 e. The second-order valence-corrected chi connectivity index (χ2v) is 8.37. The number of aromatic nitrogens is 2. The van der Waals surface area contributed by atoms with E-state index >= 15 is 0 Å². The van der Waals surface area contributed by atoms with E-state index in [2.05, 4.69) is 15.6 Å². The monoisotopic (exact) mass is 424 g/mol. The molecule has 0 radical (unpaired) electrons. The molecule has 0 saturated carbocycles. The molecular formula is C22H24N4O3S. The molecule has 8 heteroatoms. The fourth-order valence-electron chi connectivity index (χ4n) is 3.64. The Morgan fingerprint density at radius 1 is 1.17 bits per heavy atom. The Hall–Kier alpha value is -3.13. The fourth-order valence-corrected chi connectivity index (χ4v) is 4.51. The normalized spacial score (nSPS) is 14.0. The average Bonchev–Trinajstić information content (AvgIpc) is 3.36. The van der Waals surface area contributed by atoms with Gasteiger partial charge in [0.2, 0.25) is 0 Å². The maximum absolute atomic E-state index is 12.8. The van der Waals surface area contributed by atoms with Crippen LogP contribution in [0.15, 0.2) is 41.9 Å². The van der Waals surface area contributed by atoms with Gasteiger partial charge in [-0.05, 0) is 62.1 Å². The molecule has 2 N–H and O–H groups in total. The number of thiazole rings is 1. The highest BCUT2D eigenvalue weighted by Gasteiger charge is 2.17. The third kappa shape index (κ3) is 4.54. The number of piperidine rings is 1. The average molecular weight is 425 g/mol. The number of rotatable bonds is 6. The van der Waals surface area contributed by atoms with Gasteiger partial charge in [0, 0.05) is 30.4 Å². The van der Waals surface area contributed by atoms with Crippen molar-refractivity contribution in [2.75, 3.05) is 23.3 Å². The van der Waals surface area contributed by atoms with Crippen LogP contribution in [0.25, 0.3) is 0 Å². The summed E-state index contributed by atoms with van der Waals surface area (Å²) < 4.78 is 1.91. The number of anilines is 2. The lowest BCUT2D eigenvalue weighted by molar-refractivity contribution is 0.0696. The first-order chi connectivity index (χ1) is 14.5. The number of hydrogen-bond donors (Lipinski definition) is 2. The number of nitrogens with zero attached hydrogens (tertiary/aromatic N) is 3. The van der Waals surface area contributed by atoms with Gasteiger partial charge in [-0.2, -0.15) is 0 Å². The van der Waals surface area contributed by atoms with Crippen molar-refractivity contribution in [3.05, 3.63) is 64.4 Å². The Bertz CT molecular complexity index is 1050. The minimum atomic E-state index is -0.996. The zero-order valence-corrected chi connectivity index (χ0v) is 17.6. The number of carbonyl (C=O) groups excluding carboxylic acids is 1. The predicted octanol–water partition coefficient (Wildman–Crippen LogP) is 4.24. The lowest BCUT2D eigenvalue weighted by Gasteiger charge is -2.25. The molecule has 1 saturated heterocycles. The molecule has 7 nitrogen and oxygen atoms in total. The van der Waals surface area contributed by atoms with Crippen LogP contribution in [-0.2, 0) is 6.54 Å². The lowest BCUT2D eigenvalue weighted by Crippen LogP contribution is -2.29. The summed E-state index contributed by atoms with van der Waals surface area (Å²) in [5, 5.41) is 15.0. The zero-order valence-electron chi connectivity index (χ0n) is 16.8. The smallest absolute Gasteiger partial charge is 0.335 e. The first-order valence-corrected chi connectivity index (χ1v) is 10.9. The van der Waals surface area contributed by atoms with Crippen molar-refractivity contribution in [1.29, 1.82) is 0 Å². The van der Waals surface area contributed by atoms with Crippen LogP contribution in [0.3, 0.4) is 0 Å². The molecule has 0 atom stereocenters. The highest BCUT2D eigenvalue weighted by molar-refractivity contribution is 7.13. The Labute approximate surface area is 179 Å². The maximum atomic E-state index is 12.8. The van der Waals surface area contributed by atoms with Gasteiger partial charge in [-0.1, -0.05) is 0 Å². The molecule has 1 fully saturated rings. The lowest BCUT2D eigenvalue weighted by atomic mass is 10.1. The van der Waals surface area contributed by atoms with Gasteiger partial charge in [-0.25, -0.2) is 9.78 Å². The number of aromatic carboxylic acids is 1. The van der Waals surface area contributed by atoms with E-state index in [-0.39, 0.29) is 11.5 Å². The van der Waals surface area contributed by atoms with Gasteiger partial charge in [0.1, 0.15) is 5.69 Å². The predicted molar refractivity (Wildman–Crippen MR) is 118 cm³/mol. The van der Waals surface area contributed by atoms with E-state index in [4.69, 9.17) is 10.1 Å². The molecule has 0 bridgehead atoms. The van der Waals surface area contributed by atoms with Gasteiger partial charge < -0.3 is 19.9 Å². The van der Waals surface area contributed by atoms with Crippen LogP contribution in [0.4, 0.5) is 10.8 Å². The number of carboxylic acid groups (broad SMARTS) is 1. The van der Waals surface area contributed by atoms with Crippen LogP contribution in [0.2, 0.25) is 0 Å². The van der Waals surface area contributed by atoms with Crippen molar-refractivity contribution < 1.29 is 14.7 Å². The summed E-state index contributed by atoms with van der Waals surface area (Å²) in [5.74, 6) is -1.23. The summed E-state index contributed by atoms with van der Waals surface area (Å²) in [6.07, 6.45) is 5.66. The van der Waals surface area contributed by atoms with Crippen LogP contribution < -0.4 is 10.2 Å².